The standard InChI is InChI=1S/C2H4Br2NO2S/c1-5-8(6,7)2(3)4/h2H,1H3. The molecule has 0 saturated heterocycles. The monoisotopic (exact) mass is 264 g/mol. The first kappa shape index (κ1) is 8.87. The van der Waals surface area contributed by atoms with Gasteiger partial charge in [-0.1, -0.05) is 31.9 Å². The van der Waals surface area contributed by atoms with Crippen molar-refractivity contribution in [1.82, 2.24) is 4.72 Å². The van der Waals surface area contributed by atoms with Gasteiger partial charge in [-0.05, 0) is 0 Å². The summed E-state index contributed by atoms with van der Waals surface area (Å²) in [6, 6.07) is 0. The van der Waals surface area contributed by atoms with Crippen molar-refractivity contribution in [2.24, 2.45) is 0 Å². The molecule has 0 heterocycles. The smallest absolute Gasteiger partial charge is 0.209 e. The Kier molecular flexibility index (Phi) is 3.49. The molecular formula is C2H4Br2NO2S. The van der Waals surface area contributed by atoms with Crippen LogP contribution in [0.25, 0.3) is 0 Å². The zero-order valence-corrected chi connectivity index (χ0v) is 7.99. The predicted molar refractivity (Wildman–Crippen MR) is 38.6 cm³/mol. The lowest BCUT2D eigenvalue weighted by Gasteiger charge is -1.97. The molecule has 0 rings (SSSR count). The van der Waals surface area contributed by atoms with Gasteiger partial charge in [-0.2, -0.15) is 0 Å². The Balaban J connectivity index is 4.17. The maximum absolute atomic E-state index is 10.4. The summed E-state index contributed by atoms with van der Waals surface area (Å²) in [6.45, 7) is 0. The molecule has 0 N–H and O–H groups in total. The van der Waals surface area contributed by atoms with Crippen LogP contribution in [0.1, 0.15) is 0 Å². The van der Waals surface area contributed by atoms with Gasteiger partial charge >= 0.3 is 0 Å². The van der Waals surface area contributed by atoms with E-state index in [1.165, 1.54) is 7.05 Å². The Morgan fingerprint density at radius 2 is 1.88 bits per heavy atom. The third kappa shape index (κ3) is 2.43. The van der Waals surface area contributed by atoms with Crippen LogP contribution in [0.5, 0.6) is 0 Å². The fourth-order valence-electron chi connectivity index (χ4n) is 0.0797. The normalized spacial score (nSPS) is 12.5. The van der Waals surface area contributed by atoms with E-state index in [4.69, 9.17) is 0 Å². The van der Waals surface area contributed by atoms with E-state index in [0.29, 0.717) is 0 Å². The predicted octanol–water partition coefficient (Wildman–Crippen LogP) is 0.624. The molecule has 0 amide bonds. The van der Waals surface area contributed by atoms with Crippen molar-refractivity contribution in [3.63, 3.8) is 0 Å². The average molecular weight is 266 g/mol. The maximum atomic E-state index is 10.4. The van der Waals surface area contributed by atoms with Crippen molar-refractivity contribution in [2.45, 2.75) is 3.07 Å². The van der Waals surface area contributed by atoms with Crippen molar-refractivity contribution in [3.8, 4) is 0 Å². The van der Waals surface area contributed by atoms with Crippen molar-refractivity contribution in [3.05, 3.63) is 0 Å². The molecule has 0 aliphatic carbocycles. The first-order chi connectivity index (χ1) is 3.50. The number of alkyl halides is 2. The second-order valence-electron chi connectivity index (χ2n) is 0.958. The zero-order chi connectivity index (χ0) is 6.78. The molecule has 0 atom stereocenters. The van der Waals surface area contributed by atoms with Gasteiger partial charge in [0, 0.05) is 7.05 Å². The summed E-state index contributed by atoms with van der Waals surface area (Å²) >= 11 is 5.58. The lowest BCUT2D eigenvalue weighted by Crippen LogP contribution is -2.17. The van der Waals surface area contributed by atoms with E-state index >= 15 is 0 Å². The van der Waals surface area contributed by atoms with Crippen LogP contribution in [-0.4, -0.2) is 18.5 Å². The highest BCUT2D eigenvalue weighted by atomic mass is 79.9. The molecule has 0 saturated carbocycles. The van der Waals surface area contributed by atoms with Crippen LogP contribution in [0.4, 0.5) is 0 Å². The summed E-state index contributed by atoms with van der Waals surface area (Å²) in [5, 5.41) is 0. The maximum Gasteiger partial charge on any atom is 0.250 e. The van der Waals surface area contributed by atoms with E-state index in [-0.39, 0.29) is 0 Å². The minimum atomic E-state index is -3.28. The topological polar surface area (TPSA) is 48.2 Å². The lowest BCUT2D eigenvalue weighted by atomic mass is 11.6. The molecule has 0 aromatic rings. The number of nitrogens with zero attached hydrogens (tertiary/aromatic N) is 1. The van der Waals surface area contributed by atoms with E-state index in [0.717, 1.165) is 0 Å². The van der Waals surface area contributed by atoms with Crippen LogP contribution in [0, 0.1) is 0 Å². The van der Waals surface area contributed by atoms with Crippen molar-refractivity contribution in [1.29, 1.82) is 0 Å². The molecule has 8 heavy (non-hydrogen) atoms. The number of hydrogen-bond donors (Lipinski definition) is 0. The lowest BCUT2D eigenvalue weighted by molar-refractivity contribution is 0.591. The van der Waals surface area contributed by atoms with Gasteiger partial charge in [-0.3, -0.25) is 0 Å². The van der Waals surface area contributed by atoms with Gasteiger partial charge in [0.15, 0.2) is 3.07 Å². The highest BCUT2D eigenvalue weighted by Crippen LogP contribution is 2.14. The van der Waals surface area contributed by atoms with Gasteiger partial charge in [0.2, 0.25) is 0 Å². The first-order valence-corrected chi connectivity index (χ1v) is 4.97. The molecule has 49 valence electrons. The number of sulfonamides is 1. The molecule has 0 fully saturated rings. The fourth-order valence-corrected chi connectivity index (χ4v) is 1.24. The number of halogens is 2. The van der Waals surface area contributed by atoms with Crippen LogP contribution < -0.4 is 4.72 Å². The Morgan fingerprint density at radius 3 is 1.88 bits per heavy atom. The third-order valence-electron chi connectivity index (χ3n) is 0.480. The largest absolute Gasteiger partial charge is 0.250 e. The van der Waals surface area contributed by atoms with Gasteiger partial charge in [0.1, 0.15) is 0 Å². The van der Waals surface area contributed by atoms with Gasteiger partial charge in [-0.15, -0.1) is 4.72 Å². The zero-order valence-electron chi connectivity index (χ0n) is 4.01. The highest BCUT2D eigenvalue weighted by molar-refractivity contribution is 9.27. The molecule has 0 aliphatic heterocycles. The first-order valence-electron chi connectivity index (χ1n) is 1.64. The molecule has 6 heteroatoms. The molecule has 1 radical (unpaired) electrons. The van der Waals surface area contributed by atoms with E-state index in [9.17, 15) is 8.42 Å². The van der Waals surface area contributed by atoms with Crippen LogP contribution in [0.15, 0.2) is 0 Å². The van der Waals surface area contributed by atoms with Gasteiger partial charge in [0.05, 0.1) is 0 Å². The van der Waals surface area contributed by atoms with Crippen LogP contribution in [0.3, 0.4) is 0 Å². The molecule has 0 aromatic carbocycles. The second-order valence-corrected chi connectivity index (χ2v) is 7.10. The Bertz CT molecular complexity index is 151. The molecule has 0 unspecified atom stereocenters. The molecule has 0 spiro atoms. The van der Waals surface area contributed by atoms with Crippen LogP contribution in [0.2, 0.25) is 0 Å². The minimum absolute atomic E-state index is 0.757. The third-order valence-corrected chi connectivity index (χ3v) is 4.27. The van der Waals surface area contributed by atoms with Crippen LogP contribution in [-0.2, 0) is 10.0 Å². The summed E-state index contributed by atoms with van der Waals surface area (Å²) in [6.07, 6.45) is 0. The number of hydrogen-bond acceptors (Lipinski definition) is 2. The van der Waals surface area contributed by atoms with E-state index in [1.807, 2.05) is 0 Å². The molecular weight excluding hydrogens is 262 g/mol. The Morgan fingerprint density at radius 1 is 1.50 bits per heavy atom. The second kappa shape index (κ2) is 3.14. The highest BCUT2D eigenvalue weighted by Gasteiger charge is 2.16. The van der Waals surface area contributed by atoms with Crippen LogP contribution >= 0.6 is 31.9 Å². The summed E-state index contributed by atoms with van der Waals surface area (Å²) < 4.78 is 23.2. The quantitative estimate of drug-likeness (QED) is 0.688. The Labute approximate surface area is 65.1 Å². The van der Waals surface area contributed by atoms with Gasteiger partial charge in [-0.25, -0.2) is 8.42 Å². The Hall–Kier alpha value is 0.870. The summed E-state index contributed by atoms with van der Waals surface area (Å²) in [5.74, 6) is 0. The van der Waals surface area contributed by atoms with Gasteiger partial charge < -0.3 is 0 Å². The SMILES string of the molecule is C[N]S(=O)(=O)C(Br)Br. The molecule has 0 aromatic heterocycles. The van der Waals surface area contributed by atoms with E-state index in [1.54, 1.807) is 0 Å². The average Bonchev–Trinajstić information content (AvgIpc) is 1.67. The van der Waals surface area contributed by atoms with Crippen molar-refractivity contribution in [2.75, 3.05) is 7.05 Å². The summed E-state index contributed by atoms with van der Waals surface area (Å²) in [5.41, 5.74) is 0. The molecule has 3 nitrogen and oxygen atoms in total. The summed E-state index contributed by atoms with van der Waals surface area (Å²) in [4.78, 5) is 0. The van der Waals surface area contributed by atoms with Crippen molar-refractivity contribution < 1.29 is 8.42 Å². The number of rotatable bonds is 2. The van der Waals surface area contributed by atoms with E-state index < -0.39 is 13.1 Å². The van der Waals surface area contributed by atoms with E-state index in [2.05, 4.69) is 36.6 Å². The summed E-state index contributed by atoms with van der Waals surface area (Å²) in [7, 11) is -2.05. The molecule has 0 bridgehead atoms. The fraction of sp³-hybridized carbons (Fsp3) is 1.00. The molecule has 0 aliphatic rings. The van der Waals surface area contributed by atoms with Crippen molar-refractivity contribution >= 4 is 41.9 Å². The minimum Gasteiger partial charge on any atom is -0.209 e. The van der Waals surface area contributed by atoms with Gasteiger partial charge in [0.25, 0.3) is 10.0 Å².